The van der Waals surface area contributed by atoms with Gasteiger partial charge in [0.05, 0.1) is 11.5 Å². The zero-order valence-electron chi connectivity index (χ0n) is 9.24. The molecule has 1 aliphatic carbocycles. The minimum Gasteiger partial charge on any atom is -0.325 e. The van der Waals surface area contributed by atoms with Crippen molar-refractivity contribution in [3.63, 3.8) is 0 Å². The quantitative estimate of drug-likeness (QED) is 0.783. The van der Waals surface area contributed by atoms with Gasteiger partial charge >= 0.3 is 0 Å². The zero-order valence-corrected chi connectivity index (χ0v) is 10.1. The second-order valence-electron chi connectivity index (χ2n) is 5.37. The van der Waals surface area contributed by atoms with Crippen LogP contribution in [0, 0.1) is 5.92 Å². The van der Waals surface area contributed by atoms with Gasteiger partial charge in [0.1, 0.15) is 9.84 Å². The second kappa shape index (κ2) is 4.06. The van der Waals surface area contributed by atoms with Crippen LogP contribution in [0.1, 0.15) is 44.9 Å². The molecule has 0 spiro atoms. The zero-order chi connectivity index (χ0) is 10.9. The van der Waals surface area contributed by atoms with Crippen molar-refractivity contribution in [3.05, 3.63) is 0 Å². The van der Waals surface area contributed by atoms with Crippen LogP contribution in [0.15, 0.2) is 0 Å². The molecule has 88 valence electrons. The summed E-state index contributed by atoms with van der Waals surface area (Å²) >= 11 is 0. The highest BCUT2D eigenvalue weighted by Crippen LogP contribution is 2.36. The van der Waals surface area contributed by atoms with Gasteiger partial charge in [-0.25, -0.2) is 8.42 Å². The van der Waals surface area contributed by atoms with Gasteiger partial charge in [-0.1, -0.05) is 12.8 Å². The lowest BCUT2D eigenvalue weighted by Gasteiger charge is -2.31. The molecule has 0 bridgehead atoms. The predicted molar refractivity (Wildman–Crippen MR) is 61.4 cm³/mol. The number of nitrogens with two attached hydrogens (primary N) is 1. The summed E-state index contributed by atoms with van der Waals surface area (Å²) in [5.74, 6) is 1.32. The van der Waals surface area contributed by atoms with Gasteiger partial charge in [0.25, 0.3) is 0 Å². The average Bonchev–Trinajstić information content (AvgIpc) is 2.57. The van der Waals surface area contributed by atoms with E-state index < -0.39 is 9.84 Å². The van der Waals surface area contributed by atoms with Gasteiger partial charge in [-0.15, -0.1) is 0 Å². The maximum Gasteiger partial charge on any atom is 0.150 e. The summed E-state index contributed by atoms with van der Waals surface area (Å²) < 4.78 is 22.6. The van der Waals surface area contributed by atoms with Gasteiger partial charge < -0.3 is 5.73 Å². The van der Waals surface area contributed by atoms with Gasteiger partial charge in [0.2, 0.25) is 0 Å². The van der Waals surface area contributed by atoms with Crippen molar-refractivity contribution in [2.75, 3.05) is 11.5 Å². The van der Waals surface area contributed by atoms with Crippen molar-refractivity contribution in [3.8, 4) is 0 Å². The first-order chi connectivity index (χ1) is 6.99. The van der Waals surface area contributed by atoms with E-state index in [0.717, 1.165) is 32.1 Å². The number of rotatable bonds is 2. The standard InChI is InChI=1S/C11H21NO2S/c12-11(5-1-2-6-11)9-10-3-7-15(13,14)8-4-10/h10H,1-9,12H2. The van der Waals surface area contributed by atoms with Crippen molar-refractivity contribution in [1.82, 2.24) is 0 Å². The number of hydrogen-bond donors (Lipinski definition) is 1. The Labute approximate surface area is 92.3 Å². The Morgan fingerprint density at radius 2 is 1.67 bits per heavy atom. The smallest absolute Gasteiger partial charge is 0.150 e. The monoisotopic (exact) mass is 231 g/mol. The molecule has 1 saturated heterocycles. The van der Waals surface area contributed by atoms with Crippen LogP contribution in [0.25, 0.3) is 0 Å². The Balaban J connectivity index is 1.86. The molecule has 1 saturated carbocycles. The molecule has 2 rings (SSSR count). The Bertz CT molecular complexity index is 303. The van der Waals surface area contributed by atoms with E-state index in [4.69, 9.17) is 5.73 Å². The highest BCUT2D eigenvalue weighted by Gasteiger charge is 2.34. The Kier molecular flexibility index (Phi) is 3.08. The van der Waals surface area contributed by atoms with Crippen LogP contribution in [0.4, 0.5) is 0 Å². The number of sulfone groups is 1. The third kappa shape index (κ3) is 2.94. The summed E-state index contributed by atoms with van der Waals surface area (Å²) in [6, 6.07) is 0. The van der Waals surface area contributed by atoms with E-state index >= 15 is 0 Å². The van der Waals surface area contributed by atoms with Gasteiger partial charge in [-0.3, -0.25) is 0 Å². The minimum absolute atomic E-state index is 0.0335. The molecule has 3 nitrogen and oxygen atoms in total. The lowest BCUT2D eigenvalue weighted by Crippen LogP contribution is -2.40. The van der Waals surface area contributed by atoms with Gasteiger partial charge in [-0.05, 0) is 38.0 Å². The van der Waals surface area contributed by atoms with Crippen molar-refractivity contribution in [2.45, 2.75) is 50.5 Å². The largest absolute Gasteiger partial charge is 0.325 e. The van der Waals surface area contributed by atoms with Gasteiger partial charge in [-0.2, -0.15) is 0 Å². The van der Waals surface area contributed by atoms with Gasteiger partial charge in [0, 0.05) is 5.54 Å². The Hall–Kier alpha value is -0.0900. The molecular weight excluding hydrogens is 210 g/mol. The van der Waals surface area contributed by atoms with E-state index in [2.05, 4.69) is 0 Å². The summed E-state index contributed by atoms with van der Waals surface area (Å²) in [7, 11) is -2.71. The minimum atomic E-state index is -2.71. The fraction of sp³-hybridized carbons (Fsp3) is 1.00. The molecule has 0 aromatic rings. The van der Waals surface area contributed by atoms with Crippen LogP contribution in [0.3, 0.4) is 0 Å². The molecule has 0 aromatic heterocycles. The fourth-order valence-electron chi connectivity index (χ4n) is 3.00. The molecule has 2 fully saturated rings. The van der Waals surface area contributed by atoms with Crippen LogP contribution in [-0.2, 0) is 9.84 Å². The van der Waals surface area contributed by atoms with E-state index in [0.29, 0.717) is 17.4 Å². The van der Waals surface area contributed by atoms with Crippen LogP contribution in [0.2, 0.25) is 0 Å². The van der Waals surface area contributed by atoms with Crippen molar-refractivity contribution in [2.24, 2.45) is 11.7 Å². The highest BCUT2D eigenvalue weighted by molar-refractivity contribution is 7.91. The highest BCUT2D eigenvalue weighted by atomic mass is 32.2. The van der Waals surface area contributed by atoms with E-state index in [1.807, 2.05) is 0 Å². The normalized spacial score (nSPS) is 30.5. The first kappa shape index (κ1) is 11.4. The maximum absolute atomic E-state index is 11.3. The molecule has 2 aliphatic rings. The summed E-state index contributed by atoms with van der Waals surface area (Å²) in [6.45, 7) is 0. The van der Waals surface area contributed by atoms with Crippen molar-refractivity contribution in [1.29, 1.82) is 0 Å². The van der Waals surface area contributed by atoms with Crippen LogP contribution >= 0.6 is 0 Å². The second-order valence-corrected chi connectivity index (χ2v) is 7.67. The van der Waals surface area contributed by atoms with E-state index in [1.165, 1.54) is 12.8 Å². The molecule has 15 heavy (non-hydrogen) atoms. The summed E-state index contributed by atoms with van der Waals surface area (Å²) in [5, 5.41) is 0. The molecule has 1 heterocycles. The molecule has 0 atom stereocenters. The molecule has 1 aliphatic heterocycles. The molecule has 0 radical (unpaired) electrons. The topological polar surface area (TPSA) is 60.2 Å². The van der Waals surface area contributed by atoms with Crippen molar-refractivity contribution >= 4 is 9.84 Å². The summed E-state index contributed by atoms with van der Waals surface area (Å²) in [4.78, 5) is 0. The molecule has 0 aromatic carbocycles. The third-order valence-electron chi connectivity index (χ3n) is 3.97. The van der Waals surface area contributed by atoms with E-state index in [9.17, 15) is 8.42 Å². The van der Waals surface area contributed by atoms with Crippen LogP contribution < -0.4 is 5.73 Å². The molecule has 4 heteroatoms. The fourth-order valence-corrected chi connectivity index (χ4v) is 4.59. The molecule has 0 unspecified atom stereocenters. The predicted octanol–water partition coefficient (Wildman–Crippen LogP) is 1.47. The molecular formula is C11H21NO2S. The van der Waals surface area contributed by atoms with E-state index in [1.54, 1.807) is 0 Å². The molecule has 2 N–H and O–H groups in total. The average molecular weight is 231 g/mol. The van der Waals surface area contributed by atoms with E-state index in [-0.39, 0.29) is 5.54 Å². The third-order valence-corrected chi connectivity index (χ3v) is 5.68. The number of hydrogen-bond acceptors (Lipinski definition) is 3. The summed E-state index contributed by atoms with van der Waals surface area (Å²) in [5.41, 5.74) is 6.34. The SMILES string of the molecule is NC1(CC2CCS(=O)(=O)CC2)CCCC1. The Morgan fingerprint density at radius 1 is 1.13 bits per heavy atom. The summed E-state index contributed by atoms with van der Waals surface area (Å²) in [6.07, 6.45) is 7.49. The first-order valence-corrected chi connectivity index (χ1v) is 7.81. The van der Waals surface area contributed by atoms with Crippen molar-refractivity contribution < 1.29 is 8.42 Å². The van der Waals surface area contributed by atoms with Gasteiger partial charge in [0.15, 0.2) is 0 Å². The van der Waals surface area contributed by atoms with Crippen LogP contribution in [0.5, 0.6) is 0 Å². The first-order valence-electron chi connectivity index (χ1n) is 5.98. The lowest BCUT2D eigenvalue weighted by atomic mass is 9.84. The Morgan fingerprint density at radius 3 is 2.20 bits per heavy atom. The van der Waals surface area contributed by atoms with Crippen LogP contribution in [-0.4, -0.2) is 25.5 Å². The molecule has 0 amide bonds. The maximum atomic E-state index is 11.3. The lowest BCUT2D eigenvalue weighted by molar-refractivity contribution is 0.303.